The van der Waals surface area contributed by atoms with E-state index in [0.717, 1.165) is 11.4 Å². The Labute approximate surface area is 135 Å². The zero-order valence-electron chi connectivity index (χ0n) is 11.5. The molecule has 2 aromatic heterocycles. The number of hydrogen-bond donors (Lipinski definition) is 2. The number of carbonyl (C=O) groups is 1. The van der Waals surface area contributed by atoms with Crippen LogP contribution in [0.25, 0.3) is 0 Å². The molecule has 0 radical (unpaired) electrons. The van der Waals surface area contributed by atoms with Gasteiger partial charge in [0.15, 0.2) is 5.13 Å². The minimum atomic E-state index is -0.116. The van der Waals surface area contributed by atoms with Crippen LogP contribution in [-0.4, -0.2) is 31.8 Å². The van der Waals surface area contributed by atoms with Crippen LogP contribution < -0.4 is 5.32 Å². The second-order valence-electron chi connectivity index (χ2n) is 4.40. The number of thioether (sulfide) groups is 1. The molecule has 3 aromatic rings. The number of carbonyl (C=O) groups excluding carboxylic acids is 1. The number of H-pyrrole nitrogens is 1. The van der Waals surface area contributed by atoms with Gasteiger partial charge in [0.05, 0.1) is 5.75 Å². The summed E-state index contributed by atoms with van der Waals surface area (Å²) < 4.78 is 0. The zero-order valence-corrected chi connectivity index (χ0v) is 13.2. The smallest absolute Gasteiger partial charge is 0.236 e. The maximum atomic E-state index is 11.8. The summed E-state index contributed by atoms with van der Waals surface area (Å²) in [4.78, 5) is 20.1. The second kappa shape index (κ2) is 7.19. The van der Waals surface area contributed by atoms with Crippen LogP contribution in [0.3, 0.4) is 0 Å². The minimum absolute atomic E-state index is 0.116. The van der Waals surface area contributed by atoms with Crippen molar-refractivity contribution >= 4 is 34.1 Å². The molecule has 0 spiro atoms. The number of aromatic nitrogens is 4. The van der Waals surface area contributed by atoms with Crippen molar-refractivity contribution in [3.8, 4) is 0 Å². The normalized spacial score (nSPS) is 10.5. The van der Waals surface area contributed by atoms with Gasteiger partial charge in [-0.25, -0.2) is 9.97 Å². The molecule has 1 amide bonds. The van der Waals surface area contributed by atoms with E-state index in [2.05, 4.69) is 25.5 Å². The zero-order chi connectivity index (χ0) is 15.2. The number of thiazole rings is 1. The van der Waals surface area contributed by atoms with Gasteiger partial charge in [-0.3, -0.25) is 9.89 Å². The molecular weight excluding hydrogens is 318 g/mol. The predicted octanol–water partition coefficient (Wildman–Crippen LogP) is 2.58. The predicted molar refractivity (Wildman–Crippen MR) is 87.1 cm³/mol. The lowest BCUT2D eigenvalue weighted by atomic mass is 10.1. The molecule has 0 bridgehead atoms. The maximum Gasteiger partial charge on any atom is 0.236 e. The Morgan fingerprint density at radius 1 is 1.32 bits per heavy atom. The molecule has 3 rings (SSSR count). The molecule has 0 atom stereocenters. The van der Waals surface area contributed by atoms with Gasteiger partial charge in [-0.2, -0.15) is 0 Å². The van der Waals surface area contributed by atoms with E-state index in [0.29, 0.717) is 16.7 Å². The van der Waals surface area contributed by atoms with Gasteiger partial charge in [-0.1, -0.05) is 42.1 Å². The first-order valence-electron chi connectivity index (χ1n) is 6.57. The molecule has 1 aromatic carbocycles. The summed E-state index contributed by atoms with van der Waals surface area (Å²) in [5, 5.41) is 12.7. The molecule has 0 aliphatic rings. The van der Waals surface area contributed by atoms with E-state index in [4.69, 9.17) is 0 Å². The van der Waals surface area contributed by atoms with Crippen LogP contribution in [0.2, 0.25) is 0 Å². The van der Waals surface area contributed by atoms with Crippen molar-refractivity contribution in [1.29, 1.82) is 0 Å². The lowest BCUT2D eigenvalue weighted by Crippen LogP contribution is -2.13. The summed E-state index contributed by atoms with van der Waals surface area (Å²) in [6.07, 6.45) is 2.35. The van der Waals surface area contributed by atoms with Crippen LogP contribution in [0.5, 0.6) is 0 Å². The quantitative estimate of drug-likeness (QED) is 0.678. The van der Waals surface area contributed by atoms with Crippen molar-refractivity contribution in [3.63, 3.8) is 0 Å². The maximum absolute atomic E-state index is 11.8. The van der Waals surface area contributed by atoms with Crippen molar-refractivity contribution in [2.75, 3.05) is 11.1 Å². The number of benzene rings is 1. The van der Waals surface area contributed by atoms with Gasteiger partial charge in [-0.05, 0) is 5.56 Å². The molecular formula is C14H13N5OS2. The number of nitrogens with zero attached hydrogens (tertiary/aromatic N) is 3. The average molecular weight is 331 g/mol. The van der Waals surface area contributed by atoms with Gasteiger partial charge in [-0.15, -0.1) is 16.4 Å². The summed E-state index contributed by atoms with van der Waals surface area (Å²) in [5.41, 5.74) is 1.16. The van der Waals surface area contributed by atoms with Gasteiger partial charge in [0.25, 0.3) is 0 Å². The van der Waals surface area contributed by atoms with E-state index in [-0.39, 0.29) is 11.7 Å². The van der Waals surface area contributed by atoms with Crippen LogP contribution in [0.1, 0.15) is 11.4 Å². The highest BCUT2D eigenvalue weighted by molar-refractivity contribution is 7.99. The van der Waals surface area contributed by atoms with Crippen LogP contribution in [0.15, 0.2) is 47.1 Å². The van der Waals surface area contributed by atoms with Gasteiger partial charge in [0.1, 0.15) is 5.82 Å². The van der Waals surface area contributed by atoms with Crippen LogP contribution >= 0.6 is 23.1 Å². The summed E-state index contributed by atoms with van der Waals surface area (Å²) in [7, 11) is 0. The van der Waals surface area contributed by atoms with Gasteiger partial charge in [0, 0.05) is 18.0 Å². The molecule has 0 unspecified atom stereocenters. The largest absolute Gasteiger partial charge is 0.301 e. The molecule has 2 heterocycles. The van der Waals surface area contributed by atoms with Crippen molar-refractivity contribution in [2.24, 2.45) is 0 Å². The van der Waals surface area contributed by atoms with Crippen molar-refractivity contribution in [1.82, 2.24) is 20.2 Å². The fourth-order valence-electron chi connectivity index (χ4n) is 1.78. The summed E-state index contributed by atoms with van der Waals surface area (Å²) in [5.74, 6) is 0.922. The van der Waals surface area contributed by atoms with E-state index < -0.39 is 0 Å². The third-order valence-corrected chi connectivity index (χ3v) is 4.27. The molecule has 0 aliphatic heterocycles. The fourth-order valence-corrected chi connectivity index (χ4v) is 2.94. The second-order valence-corrected chi connectivity index (χ2v) is 6.24. The molecule has 0 saturated carbocycles. The number of amides is 1. The van der Waals surface area contributed by atoms with E-state index in [9.17, 15) is 4.79 Å². The third kappa shape index (κ3) is 4.15. The molecule has 8 heteroatoms. The Kier molecular flexibility index (Phi) is 4.81. The fraction of sp³-hybridized carbons (Fsp3) is 0.143. The Morgan fingerprint density at radius 3 is 2.95 bits per heavy atom. The highest BCUT2D eigenvalue weighted by Gasteiger charge is 2.09. The number of anilines is 1. The van der Waals surface area contributed by atoms with E-state index in [1.807, 2.05) is 35.7 Å². The van der Waals surface area contributed by atoms with E-state index in [1.54, 1.807) is 6.20 Å². The Morgan fingerprint density at radius 2 is 2.18 bits per heavy atom. The number of rotatable bonds is 6. The molecule has 0 aliphatic carbocycles. The highest BCUT2D eigenvalue weighted by atomic mass is 32.2. The first-order valence-corrected chi connectivity index (χ1v) is 8.43. The SMILES string of the molecule is O=C(CSc1n[nH]c(Cc2ccccc2)n1)Nc1nccs1. The lowest BCUT2D eigenvalue weighted by molar-refractivity contribution is -0.113. The van der Waals surface area contributed by atoms with Crippen LogP contribution in [0.4, 0.5) is 5.13 Å². The third-order valence-electron chi connectivity index (χ3n) is 2.74. The molecule has 0 fully saturated rings. The average Bonchev–Trinajstić information content (AvgIpc) is 3.18. The lowest BCUT2D eigenvalue weighted by Gasteiger charge is -1.98. The van der Waals surface area contributed by atoms with Gasteiger partial charge in [0.2, 0.25) is 11.1 Å². The van der Waals surface area contributed by atoms with Crippen molar-refractivity contribution < 1.29 is 4.79 Å². The number of aromatic amines is 1. The molecule has 0 saturated heterocycles. The topological polar surface area (TPSA) is 83.6 Å². The molecule has 2 N–H and O–H groups in total. The Balaban J connectivity index is 1.50. The summed E-state index contributed by atoms with van der Waals surface area (Å²) >= 11 is 2.68. The Hall–Kier alpha value is -2.19. The van der Waals surface area contributed by atoms with Gasteiger partial charge < -0.3 is 5.32 Å². The molecule has 6 nitrogen and oxygen atoms in total. The Bertz CT molecular complexity index is 727. The van der Waals surface area contributed by atoms with Crippen LogP contribution in [-0.2, 0) is 11.2 Å². The molecule has 112 valence electrons. The van der Waals surface area contributed by atoms with Gasteiger partial charge >= 0.3 is 0 Å². The van der Waals surface area contributed by atoms with E-state index >= 15 is 0 Å². The highest BCUT2D eigenvalue weighted by Crippen LogP contribution is 2.15. The standard InChI is InChI=1S/C14H13N5OS2/c20-12(17-13-15-6-7-21-13)9-22-14-16-11(18-19-14)8-10-4-2-1-3-5-10/h1-7H,8-9H2,(H,15,17,20)(H,16,18,19). The van der Waals surface area contributed by atoms with Crippen molar-refractivity contribution in [2.45, 2.75) is 11.6 Å². The van der Waals surface area contributed by atoms with Crippen molar-refractivity contribution in [3.05, 3.63) is 53.3 Å². The minimum Gasteiger partial charge on any atom is -0.301 e. The summed E-state index contributed by atoms with van der Waals surface area (Å²) in [6, 6.07) is 10.0. The number of hydrogen-bond acceptors (Lipinski definition) is 6. The number of nitrogens with one attached hydrogen (secondary N) is 2. The van der Waals surface area contributed by atoms with E-state index in [1.165, 1.54) is 23.1 Å². The summed E-state index contributed by atoms with van der Waals surface area (Å²) in [6.45, 7) is 0. The monoisotopic (exact) mass is 331 g/mol. The van der Waals surface area contributed by atoms with Crippen LogP contribution in [0, 0.1) is 0 Å². The first-order chi connectivity index (χ1) is 10.8. The molecule has 22 heavy (non-hydrogen) atoms. The first kappa shape index (κ1) is 14.7.